The van der Waals surface area contributed by atoms with Crippen LogP contribution in [0, 0.1) is 5.41 Å². The van der Waals surface area contributed by atoms with Gasteiger partial charge in [-0.05, 0) is 12.8 Å². The number of aromatic nitrogens is 3. The summed E-state index contributed by atoms with van der Waals surface area (Å²) in [4.78, 5) is 11.4. The summed E-state index contributed by atoms with van der Waals surface area (Å²) < 4.78 is 6.87. The predicted octanol–water partition coefficient (Wildman–Crippen LogP) is 0.239. The standard InChI is InChI=1S/C10H15N3O3/c1-13-6-8(11-12-13)5-10(9(14)15)3-2-4-16-7-10/h6H,2-5,7H2,1H3,(H,14,15). The fourth-order valence-corrected chi connectivity index (χ4v) is 2.06. The zero-order chi connectivity index (χ0) is 11.6. The van der Waals surface area contributed by atoms with Crippen LogP contribution >= 0.6 is 0 Å². The number of ether oxygens (including phenoxy) is 1. The van der Waals surface area contributed by atoms with Gasteiger partial charge in [-0.25, -0.2) is 0 Å². The Bertz CT molecular complexity index is 382. The zero-order valence-electron chi connectivity index (χ0n) is 9.22. The Hall–Kier alpha value is -1.43. The number of carbonyl (C=O) groups is 1. The third-order valence-corrected chi connectivity index (χ3v) is 2.95. The molecule has 0 aromatic carbocycles. The Morgan fingerprint density at radius 1 is 1.75 bits per heavy atom. The maximum Gasteiger partial charge on any atom is 0.312 e. The van der Waals surface area contributed by atoms with E-state index in [1.807, 2.05) is 0 Å². The second kappa shape index (κ2) is 4.21. The number of hydrogen-bond donors (Lipinski definition) is 1. The molecule has 16 heavy (non-hydrogen) atoms. The lowest BCUT2D eigenvalue weighted by molar-refractivity contribution is -0.157. The molecule has 1 aromatic rings. The molecule has 6 nitrogen and oxygen atoms in total. The maximum atomic E-state index is 11.4. The van der Waals surface area contributed by atoms with Gasteiger partial charge in [-0.3, -0.25) is 9.48 Å². The van der Waals surface area contributed by atoms with Crippen molar-refractivity contribution in [2.45, 2.75) is 19.3 Å². The third-order valence-electron chi connectivity index (χ3n) is 2.95. The van der Waals surface area contributed by atoms with Crippen LogP contribution in [0.15, 0.2) is 6.20 Å². The van der Waals surface area contributed by atoms with E-state index in [0.29, 0.717) is 25.1 Å². The first kappa shape index (κ1) is 11.1. The molecular formula is C10H15N3O3. The van der Waals surface area contributed by atoms with Gasteiger partial charge in [0.2, 0.25) is 0 Å². The molecular weight excluding hydrogens is 210 g/mol. The van der Waals surface area contributed by atoms with E-state index in [4.69, 9.17) is 4.74 Å². The fraction of sp³-hybridized carbons (Fsp3) is 0.700. The summed E-state index contributed by atoms with van der Waals surface area (Å²) in [5, 5.41) is 17.1. The van der Waals surface area contributed by atoms with Gasteiger partial charge in [0.15, 0.2) is 0 Å². The molecule has 0 spiro atoms. The second-order valence-electron chi connectivity index (χ2n) is 4.30. The number of carboxylic acid groups (broad SMARTS) is 1. The number of aryl methyl sites for hydroxylation is 1. The minimum Gasteiger partial charge on any atom is -0.481 e. The van der Waals surface area contributed by atoms with Crippen molar-refractivity contribution in [1.29, 1.82) is 0 Å². The predicted molar refractivity (Wildman–Crippen MR) is 54.8 cm³/mol. The lowest BCUT2D eigenvalue weighted by Crippen LogP contribution is -2.41. The van der Waals surface area contributed by atoms with E-state index >= 15 is 0 Å². The highest BCUT2D eigenvalue weighted by atomic mass is 16.5. The van der Waals surface area contributed by atoms with Crippen molar-refractivity contribution in [3.05, 3.63) is 11.9 Å². The third kappa shape index (κ3) is 2.06. The van der Waals surface area contributed by atoms with Crippen LogP contribution in [-0.2, 0) is 23.0 Å². The number of aliphatic carboxylic acids is 1. The van der Waals surface area contributed by atoms with Crippen molar-refractivity contribution < 1.29 is 14.6 Å². The smallest absolute Gasteiger partial charge is 0.312 e. The number of rotatable bonds is 3. The van der Waals surface area contributed by atoms with Crippen molar-refractivity contribution in [3.63, 3.8) is 0 Å². The molecule has 6 heteroatoms. The van der Waals surface area contributed by atoms with Gasteiger partial charge in [0.1, 0.15) is 0 Å². The van der Waals surface area contributed by atoms with E-state index < -0.39 is 11.4 Å². The summed E-state index contributed by atoms with van der Waals surface area (Å²) in [5.41, 5.74) is -0.121. The summed E-state index contributed by atoms with van der Waals surface area (Å²) in [5.74, 6) is -0.808. The molecule has 0 saturated carbocycles. The molecule has 1 aromatic heterocycles. The average molecular weight is 225 g/mol. The highest BCUT2D eigenvalue weighted by Gasteiger charge is 2.41. The maximum absolute atomic E-state index is 11.4. The van der Waals surface area contributed by atoms with Crippen LogP contribution in [0.3, 0.4) is 0 Å². The van der Waals surface area contributed by atoms with Crippen LogP contribution in [0.2, 0.25) is 0 Å². The number of hydrogen-bond acceptors (Lipinski definition) is 4. The van der Waals surface area contributed by atoms with Gasteiger partial charge < -0.3 is 9.84 Å². The van der Waals surface area contributed by atoms with E-state index in [-0.39, 0.29) is 6.61 Å². The Kier molecular flexibility index (Phi) is 2.91. The van der Waals surface area contributed by atoms with E-state index in [1.54, 1.807) is 17.9 Å². The molecule has 1 unspecified atom stereocenters. The van der Waals surface area contributed by atoms with Crippen LogP contribution in [0.1, 0.15) is 18.5 Å². The Morgan fingerprint density at radius 3 is 3.06 bits per heavy atom. The first-order valence-corrected chi connectivity index (χ1v) is 5.29. The molecule has 1 N–H and O–H groups in total. The van der Waals surface area contributed by atoms with Gasteiger partial charge >= 0.3 is 5.97 Å². The van der Waals surface area contributed by atoms with Gasteiger partial charge in [0.25, 0.3) is 0 Å². The van der Waals surface area contributed by atoms with Crippen LogP contribution in [0.25, 0.3) is 0 Å². The number of nitrogens with zero attached hydrogens (tertiary/aromatic N) is 3. The monoisotopic (exact) mass is 225 g/mol. The lowest BCUT2D eigenvalue weighted by atomic mass is 9.78. The van der Waals surface area contributed by atoms with E-state index in [1.165, 1.54) is 0 Å². The van der Waals surface area contributed by atoms with Crippen molar-refractivity contribution in [2.75, 3.05) is 13.2 Å². The molecule has 0 bridgehead atoms. The lowest BCUT2D eigenvalue weighted by Gasteiger charge is -2.32. The van der Waals surface area contributed by atoms with Gasteiger partial charge in [0.05, 0.1) is 17.7 Å². The first-order valence-electron chi connectivity index (χ1n) is 5.29. The molecule has 2 heterocycles. The number of carboxylic acids is 1. The van der Waals surface area contributed by atoms with Crippen molar-refractivity contribution in [2.24, 2.45) is 12.5 Å². The zero-order valence-corrected chi connectivity index (χ0v) is 9.22. The molecule has 1 saturated heterocycles. The van der Waals surface area contributed by atoms with Crippen LogP contribution in [0.4, 0.5) is 0 Å². The Balaban J connectivity index is 2.16. The van der Waals surface area contributed by atoms with E-state index in [0.717, 1.165) is 6.42 Å². The summed E-state index contributed by atoms with van der Waals surface area (Å²) in [6, 6.07) is 0. The minimum atomic E-state index is -0.825. The molecule has 2 rings (SSSR count). The van der Waals surface area contributed by atoms with Crippen molar-refractivity contribution in [1.82, 2.24) is 15.0 Å². The minimum absolute atomic E-state index is 0.263. The summed E-state index contributed by atoms with van der Waals surface area (Å²) in [6.07, 6.45) is 3.56. The van der Waals surface area contributed by atoms with Crippen molar-refractivity contribution in [3.8, 4) is 0 Å². The van der Waals surface area contributed by atoms with Crippen LogP contribution in [-0.4, -0.2) is 39.3 Å². The normalized spacial score (nSPS) is 25.6. The molecule has 0 radical (unpaired) electrons. The largest absolute Gasteiger partial charge is 0.481 e. The molecule has 1 fully saturated rings. The topological polar surface area (TPSA) is 77.2 Å². The first-order chi connectivity index (χ1) is 7.62. The van der Waals surface area contributed by atoms with Gasteiger partial charge in [0, 0.05) is 26.3 Å². The highest BCUT2D eigenvalue weighted by molar-refractivity contribution is 5.75. The SMILES string of the molecule is Cn1cc(CC2(C(=O)O)CCCOC2)nn1. The molecule has 1 atom stereocenters. The highest BCUT2D eigenvalue weighted by Crippen LogP contribution is 2.32. The Morgan fingerprint density at radius 2 is 2.56 bits per heavy atom. The second-order valence-corrected chi connectivity index (χ2v) is 4.30. The molecule has 88 valence electrons. The summed E-state index contributed by atoms with van der Waals surface area (Å²) >= 11 is 0. The summed E-state index contributed by atoms with van der Waals surface area (Å²) in [7, 11) is 1.77. The van der Waals surface area contributed by atoms with Gasteiger partial charge in [-0.1, -0.05) is 5.21 Å². The molecule has 0 amide bonds. The molecule has 0 aliphatic carbocycles. The van der Waals surface area contributed by atoms with E-state index in [2.05, 4.69) is 10.3 Å². The van der Waals surface area contributed by atoms with Crippen LogP contribution < -0.4 is 0 Å². The van der Waals surface area contributed by atoms with Gasteiger partial charge in [-0.15, -0.1) is 5.10 Å². The molecule has 1 aliphatic heterocycles. The van der Waals surface area contributed by atoms with Gasteiger partial charge in [-0.2, -0.15) is 0 Å². The molecule has 1 aliphatic rings. The quantitative estimate of drug-likeness (QED) is 0.797. The average Bonchev–Trinajstić information content (AvgIpc) is 2.65. The summed E-state index contributed by atoms with van der Waals surface area (Å²) in [6.45, 7) is 0.911. The van der Waals surface area contributed by atoms with Crippen molar-refractivity contribution >= 4 is 5.97 Å². The van der Waals surface area contributed by atoms with Crippen LogP contribution in [0.5, 0.6) is 0 Å². The fourth-order valence-electron chi connectivity index (χ4n) is 2.06. The Labute approximate surface area is 93.2 Å². The van der Waals surface area contributed by atoms with E-state index in [9.17, 15) is 9.90 Å².